The summed E-state index contributed by atoms with van der Waals surface area (Å²) in [5, 5.41) is -0.460. The number of halogens is 5. The molecule has 0 aromatic carbocycles. The van der Waals surface area contributed by atoms with Gasteiger partial charge in [-0.1, -0.05) is 50.7 Å². The molecule has 128 valence electrons. The van der Waals surface area contributed by atoms with E-state index < -0.39 is 55.7 Å². The number of amides is 1. The zero-order valence-corrected chi connectivity index (χ0v) is 16.6. The molecule has 2 heterocycles. The largest absolute Gasteiger partial charge is 0.614 e. The van der Waals surface area contributed by atoms with E-state index in [1.165, 1.54) is 4.90 Å². The van der Waals surface area contributed by atoms with Gasteiger partial charge in [-0.3, -0.25) is 9.69 Å². The maximum absolute atomic E-state index is 12.5. The first-order valence-electron chi connectivity index (χ1n) is 5.82. The Morgan fingerprint density at radius 1 is 1.59 bits per heavy atom. The molecule has 0 bridgehead atoms. The lowest BCUT2D eigenvalue weighted by molar-refractivity contribution is -0.162. The van der Waals surface area contributed by atoms with Crippen molar-refractivity contribution in [1.82, 2.24) is 4.90 Å². The van der Waals surface area contributed by atoms with Gasteiger partial charge in [0.05, 0.1) is 5.33 Å². The van der Waals surface area contributed by atoms with Crippen LogP contribution in [-0.4, -0.2) is 59.3 Å². The van der Waals surface area contributed by atoms with Crippen LogP contribution in [0.15, 0.2) is 0 Å². The number of nitrogens with zero attached hydrogens (tertiary/aromatic N) is 1. The second kappa shape index (κ2) is 7.00. The molecular weight excluding hydrogens is 466 g/mol. The predicted octanol–water partition coefficient (Wildman–Crippen LogP) is 1.10. The second-order valence-electron chi connectivity index (χ2n) is 5.03. The average Bonchev–Trinajstić information content (AvgIpc) is 2.62. The van der Waals surface area contributed by atoms with Gasteiger partial charge in [0.1, 0.15) is 6.61 Å². The van der Waals surface area contributed by atoms with Crippen molar-refractivity contribution in [1.29, 1.82) is 0 Å². The second-order valence-corrected chi connectivity index (χ2v) is 10.1. The summed E-state index contributed by atoms with van der Waals surface area (Å²) >= 11 is 18.3. The highest BCUT2D eigenvalue weighted by atomic mass is 79.9. The molecule has 5 atom stereocenters. The lowest BCUT2D eigenvalue weighted by atomic mass is 9.96. The van der Waals surface area contributed by atoms with Crippen LogP contribution in [0.5, 0.6) is 0 Å². The molecule has 0 radical (unpaired) electrons. The number of esters is 1. The van der Waals surface area contributed by atoms with Crippen LogP contribution >= 0.6 is 63.1 Å². The van der Waals surface area contributed by atoms with Gasteiger partial charge in [0.2, 0.25) is 9.17 Å². The molecule has 2 aliphatic rings. The molecule has 6 nitrogen and oxygen atoms in total. The summed E-state index contributed by atoms with van der Waals surface area (Å²) in [5.74, 6) is -1.20. The maximum Gasteiger partial charge on any atom is 0.334 e. The molecule has 22 heavy (non-hydrogen) atoms. The van der Waals surface area contributed by atoms with Gasteiger partial charge >= 0.3 is 5.97 Å². The van der Waals surface area contributed by atoms with Crippen LogP contribution in [-0.2, 0) is 25.5 Å². The van der Waals surface area contributed by atoms with Gasteiger partial charge in [-0.15, -0.1) is 12.4 Å². The fraction of sp³-hybridized carbons (Fsp3) is 0.800. The highest BCUT2D eigenvalue weighted by molar-refractivity contribution is 9.09. The highest BCUT2D eigenvalue weighted by Gasteiger charge is 2.73. The Bertz CT molecular complexity index is 482. The number of rotatable bonds is 3. The monoisotopic (exact) mass is 476 g/mol. The van der Waals surface area contributed by atoms with Crippen molar-refractivity contribution in [2.75, 3.05) is 11.9 Å². The molecule has 0 saturated carbocycles. The van der Waals surface area contributed by atoms with E-state index in [9.17, 15) is 14.1 Å². The first-order chi connectivity index (χ1) is 9.54. The molecule has 2 rings (SSSR count). The average molecular weight is 479 g/mol. The summed E-state index contributed by atoms with van der Waals surface area (Å²) < 4.78 is 14.7. The summed E-state index contributed by atoms with van der Waals surface area (Å²) in [6.45, 7) is 1.16. The smallest absolute Gasteiger partial charge is 0.334 e. The number of nitrogens with two attached hydrogens (primary N) is 1. The number of hydrogen-bond acceptors (Lipinski definition) is 5. The summed E-state index contributed by atoms with van der Waals surface area (Å²) in [6, 6.07) is -1.89. The molecule has 0 aromatic rings. The third-order valence-electron chi connectivity index (χ3n) is 3.52. The van der Waals surface area contributed by atoms with E-state index in [-0.39, 0.29) is 17.7 Å². The van der Waals surface area contributed by atoms with Crippen LogP contribution in [0, 0.1) is 0 Å². The Balaban J connectivity index is 0.00000242. The van der Waals surface area contributed by atoms with Gasteiger partial charge in [-0.05, 0) is 18.1 Å². The lowest BCUT2D eigenvalue weighted by Gasteiger charge is -2.39. The minimum atomic E-state index is -1.76. The summed E-state index contributed by atoms with van der Waals surface area (Å²) in [5.41, 5.74) is 5.66. The highest BCUT2D eigenvalue weighted by Crippen LogP contribution is 2.46. The number of fused-ring (bicyclic) bond motifs is 1. The Morgan fingerprint density at radius 2 is 2.14 bits per heavy atom. The number of alkyl halides is 4. The third-order valence-corrected chi connectivity index (χ3v) is 7.63. The van der Waals surface area contributed by atoms with E-state index in [0.29, 0.717) is 0 Å². The van der Waals surface area contributed by atoms with E-state index >= 15 is 0 Å². The third kappa shape index (κ3) is 3.31. The first kappa shape index (κ1) is 20.9. The number of carbonyl (C=O) groups excluding carboxylic acids is 2. The normalized spacial score (nSPS) is 37.2. The number of ether oxygens (including phenoxy) is 1. The Kier molecular flexibility index (Phi) is 6.64. The van der Waals surface area contributed by atoms with E-state index in [1.54, 1.807) is 6.92 Å². The van der Waals surface area contributed by atoms with Crippen LogP contribution < -0.4 is 5.73 Å². The fourth-order valence-corrected chi connectivity index (χ4v) is 5.47. The zero-order valence-electron chi connectivity index (χ0n) is 11.1. The minimum absolute atomic E-state index is 0. The van der Waals surface area contributed by atoms with Crippen LogP contribution in [0.2, 0.25) is 0 Å². The zero-order chi connectivity index (χ0) is 16.2. The quantitative estimate of drug-likeness (QED) is 0.283. The standard InChI is InChI=1S/C10H12BrCl3N2O4S.ClH/c1-9(2-11)5(8(18)20-3-10(12,13)14)16-6(17)4(15)7(16)21(9)19;/h4-5,7H,2-3,15H2,1H3;1H/t4?,5?,7-,9?,21?;/m1./s1. The molecule has 0 aliphatic carbocycles. The Hall–Kier alpha value is 0.850. The van der Waals surface area contributed by atoms with Crippen molar-refractivity contribution < 1.29 is 18.9 Å². The molecule has 2 N–H and O–H groups in total. The minimum Gasteiger partial charge on any atom is -0.614 e. The van der Waals surface area contributed by atoms with Crippen LogP contribution in [0.3, 0.4) is 0 Å². The maximum atomic E-state index is 12.5. The van der Waals surface area contributed by atoms with Gasteiger partial charge in [-0.25, -0.2) is 4.79 Å². The van der Waals surface area contributed by atoms with E-state index in [2.05, 4.69) is 15.9 Å². The van der Waals surface area contributed by atoms with Gasteiger partial charge in [-0.2, -0.15) is 0 Å². The number of hydrogen-bond donors (Lipinski definition) is 1. The van der Waals surface area contributed by atoms with Gasteiger partial charge in [0.15, 0.2) is 16.8 Å². The van der Waals surface area contributed by atoms with Crippen LogP contribution in [0.25, 0.3) is 0 Å². The first-order valence-corrected chi connectivity index (χ1v) is 9.29. The van der Waals surface area contributed by atoms with E-state index in [4.69, 9.17) is 45.3 Å². The van der Waals surface area contributed by atoms with Crippen molar-refractivity contribution in [3.63, 3.8) is 0 Å². The molecule has 0 aromatic heterocycles. The molecule has 2 saturated heterocycles. The number of carbonyl (C=O) groups is 2. The number of β-lactam (4-membered cyclic amide) rings is 1. The summed E-state index contributed by atoms with van der Waals surface area (Å²) in [7, 11) is 0. The summed E-state index contributed by atoms with van der Waals surface area (Å²) in [4.78, 5) is 25.4. The SMILES string of the molecule is CC1(CBr)C(C(=O)OCC(Cl)(Cl)Cl)N2C(=O)C(N)[C@H]2[S+]1[O-].Cl. The predicted molar refractivity (Wildman–Crippen MR) is 91.2 cm³/mol. The lowest BCUT2D eigenvalue weighted by Crippen LogP contribution is -2.70. The molecule has 4 unspecified atom stereocenters. The van der Waals surface area contributed by atoms with Gasteiger partial charge < -0.3 is 15.0 Å². The molecule has 0 spiro atoms. The molecule has 2 fully saturated rings. The van der Waals surface area contributed by atoms with Crippen LogP contribution in [0.1, 0.15) is 6.92 Å². The van der Waals surface area contributed by atoms with Crippen molar-refractivity contribution in [2.45, 2.75) is 32.9 Å². The Morgan fingerprint density at radius 3 is 2.59 bits per heavy atom. The van der Waals surface area contributed by atoms with Crippen LogP contribution in [0.4, 0.5) is 0 Å². The van der Waals surface area contributed by atoms with Gasteiger partial charge in [0, 0.05) is 0 Å². The van der Waals surface area contributed by atoms with Crippen molar-refractivity contribution in [2.24, 2.45) is 5.73 Å². The topological polar surface area (TPSA) is 95.7 Å². The van der Waals surface area contributed by atoms with Crippen molar-refractivity contribution >= 4 is 86.2 Å². The molecular formula is C10H13BrCl4N2O4S. The van der Waals surface area contributed by atoms with Crippen molar-refractivity contribution in [3.8, 4) is 0 Å². The molecule has 1 amide bonds. The Labute approximate surface area is 160 Å². The molecule has 2 aliphatic heterocycles. The summed E-state index contributed by atoms with van der Waals surface area (Å²) in [6.07, 6.45) is 0. The molecule has 12 heteroatoms. The van der Waals surface area contributed by atoms with Crippen molar-refractivity contribution in [3.05, 3.63) is 0 Å². The van der Waals surface area contributed by atoms with E-state index in [0.717, 1.165) is 0 Å². The fourth-order valence-electron chi connectivity index (χ4n) is 2.42. The van der Waals surface area contributed by atoms with Gasteiger partial charge in [0.25, 0.3) is 5.91 Å². The van der Waals surface area contributed by atoms with E-state index in [1.807, 2.05) is 0 Å².